The summed E-state index contributed by atoms with van der Waals surface area (Å²) in [6.45, 7) is 7.40. The summed E-state index contributed by atoms with van der Waals surface area (Å²) < 4.78 is 4.43. The van der Waals surface area contributed by atoms with E-state index in [4.69, 9.17) is 4.98 Å². The number of hydrogen-bond acceptors (Lipinski definition) is 3. The van der Waals surface area contributed by atoms with Crippen LogP contribution in [-0.4, -0.2) is 19.1 Å². The Labute approximate surface area is 153 Å². The molecule has 3 aromatic heterocycles. The molecule has 4 rings (SSSR count). The van der Waals surface area contributed by atoms with E-state index in [2.05, 4.69) is 70.8 Å². The lowest BCUT2D eigenvalue weighted by Crippen LogP contribution is -1.99. The number of unbranched alkanes of at least 4 members (excludes halogenated alkanes) is 1. The van der Waals surface area contributed by atoms with Crippen LogP contribution >= 0.6 is 0 Å². The fourth-order valence-electron chi connectivity index (χ4n) is 3.50. The monoisotopic (exact) mass is 347 g/mol. The number of anilines is 2. The highest BCUT2D eigenvalue weighted by atomic mass is 15.1. The topological polar surface area (TPSA) is 47.7 Å². The van der Waals surface area contributed by atoms with E-state index >= 15 is 0 Å². The molecule has 0 bridgehead atoms. The van der Waals surface area contributed by atoms with Crippen LogP contribution in [0.4, 0.5) is 11.5 Å². The van der Waals surface area contributed by atoms with Gasteiger partial charge in [0, 0.05) is 31.4 Å². The first-order valence-corrected chi connectivity index (χ1v) is 9.23. The summed E-state index contributed by atoms with van der Waals surface area (Å²) in [5.74, 6) is 1.89. The lowest BCUT2D eigenvalue weighted by Gasteiger charge is -2.11. The van der Waals surface area contributed by atoms with Crippen molar-refractivity contribution in [2.24, 2.45) is 7.05 Å². The summed E-state index contributed by atoms with van der Waals surface area (Å²) in [6, 6.07) is 8.51. The number of imidazole rings is 1. The van der Waals surface area contributed by atoms with Gasteiger partial charge in [0.05, 0.1) is 16.7 Å². The second kappa shape index (κ2) is 6.48. The molecule has 0 amide bonds. The number of nitrogens with one attached hydrogen (secondary N) is 1. The number of aromatic nitrogens is 4. The highest BCUT2D eigenvalue weighted by molar-refractivity contribution is 5.97. The second-order valence-corrected chi connectivity index (χ2v) is 6.92. The van der Waals surface area contributed by atoms with Crippen LogP contribution in [0.2, 0.25) is 0 Å². The standard InChI is InChI=1S/C21H25N5/c1-5-6-12-26-13-10-16-17(26)9-11-22-21(16)24-19-14(2)7-8-18-20(19)23-15(3)25(18)4/h7-11,13H,5-6,12H2,1-4H3,(H,22,24). The Morgan fingerprint density at radius 3 is 2.73 bits per heavy atom. The molecule has 0 aliphatic carbocycles. The zero-order chi connectivity index (χ0) is 18.3. The molecular formula is C21H25N5. The number of aryl methyl sites for hydroxylation is 4. The first-order valence-electron chi connectivity index (χ1n) is 9.23. The van der Waals surface area contributed by atoms with Gasteiger partial charge in [0.1, 0.15) is 17.2 Å². The average molecular weight is 347 g/mol. The van der Waals surface area contributed by atoms with E-state index in [-0.39, 0.29) is 0 Å². The maximum Gasteiger partial charge on any atom is 0.139 e. The van der Waals surface area contributed by atoms with Crippen molar-refractivity contribution >= 4 is 33.4 Å². The van der Waals surface area contributed by atoms with Crippen LogP contribution in [0.25, 0.3) is 21.9 Å². The van der Waals surface area contributed by atoms with Crippen molar-refractivity contribution in [2.45, 2.75) is 40.2 Å². The third-order valence-electron chi connectivity index (χ3n) is 5.18. The maximum absolute atomic E-state index is 4.76. The summed E-state index contributed by atoms with van der Waals surface area (Å²) in [7, 11) is 2.05. The molecule has 1 N–H and O–H groups in total. The Kier molecular flexibility index (Phi) is 4.15. The van der Waals surface area contributed by atoms with Gasteiger partial charge in [-0.25, -0.2) is 9.97 Å². The molecule has 0 saturated carbocycles. The molecular weight excluding hydrogens is 322 g/mol. The van der Waals surface area contributed by atoms with Gasteiger partial charge in [0.15, 0.2) is 0 Å². The normalized spacial score (nSPS) is 11.5. The predicted octanol–water partition coefficient (Wildman–Crippen LogP) is 5.08. The number of fused-ring (bicyclic) bond motifs is 2. The average Bonchev–Trinajstić information content (AvgIpc) is 3.18. The fourth-order valence-corrected chi connectivity index (χ4v) is 3.50. The molecule has 0 spiro atoms. The molecule has 0 unspecified atom stereocenters. The van der Waals surface area contributed by atoms with Gasteiger partial charge in [0.25, 0.3) is 0 Å². The molecule has 3 heterocycles. The van der Waals surface area contributed by atoms with Gasteiger partial charge in [-0.1, -0.05) is 19.4 Å². The lowest BCUT2D eigenvalue weighted by atomic mass is 10.1. The highest BCUT2D eigenvalue weighted by Crippen LogP contribution is 2.32. The van der Waals surface area contributed by atoms with Crippen LogP contribution in [0, 0.1) is 13.8 Å². The third-order valence-corrected chi connectivity index (χ3v) is 5.18. The Balaban J connectivity index is 1.81. The van der Waals surface area contributed by atoms with E-state index < -0.39 is 0 Å². The summed E-state index contributed by atoms with van der Waals surface area (Å²) >= 11 is 0. The van der Waals surface area contributed by atoms with Gasteiger partial charge in [-0.3, -0.25) is 0 Å². The number of rotatable bonds is 5. The quantitative estimate of drug-likeness (QED) is 0.547. The smallest absolute Gasteiger partial charge is 0.139 e. The maximum atomic E-state index is 4.76. The first kappa shape index (κ1) is 16.6. The minimum Gasteiger partial charge on any atom is -0.347 e. The number of pyridine rings is 1. The number of hydrogen-bond donors (Lipinski definition) is 1. The zero-order valence-electron chi connectivity index (χ0n) is 15.9. The van der Waals surface area contributed by atoms with Gasteiger partial charge < -0.3 is 14.5 Å². The van der Waals surface area contributed by atoms with Crippen molar-refractivity contribution in [3.05, 3.63) is 48.0 Å². The molecule has 134 valence electrons. The van der Waals surface area contributed by atoms with Crippen LogP contribution in [0.5, 0.6) is 0 Å². The van der Waals surface area contributed by atoms with E-state index in [1.165, 1.54) is 23.9 Å². The molecule has 0 atom stereocenters. The van der Waals surface area contributed by atoms with Gasteiger partial charge in [-0.2, -0.15) is 0 Å². The molecule has 0 saturated heterocycles. The van der Waals surface area contributed by atoms with Crippen molar-refractivity contribution in [1.29, 1.82) is 0 Å². The second-order valence-electron chi connectivity index (χ2n) is 6.92. The highest BCUT2D eigenvalue weighted by Gasteiger charge is 2.14. The molecule has 4 aromatic rings. The molecule has 5 nitrogen and oxygen atoms in total. The van der Waals surface area contributed by atoms with E-state index in [0.717, 1.165) is 40.3 Å². The Morgan fingerprint density at radius 1 is 1.08 bits per heavy atom. The SMILES string of the molecule is CCCCn1ccc2c(Nc3c(C)ccc4c3nc(C)n4C)nccc21. The largest absolute Gasteiger partial charge is 0.347 e. The van der Waals surface area contributed by atoms with Crippen molar-refractivity contribution in [3.63, 3.8) is 0 Å². The van der Waals surface area contributed by atoms with Crippen LogP contribution < -0.4 is 5.32 Å². The van der Waals surface area contributed by atoms with E-state index in [0.29, 0.717) is 0 Å². The molecule has 5 heteroatoms. The van der Waals surface area contributed by atoms with Crippen molar-refractivity contribution in [3.8, 4) is 0 Å². The zero-order valence-corrected chi connectivity index (χ0v) is 15.9. The third kappa shape index (κ3) is 2.64. The number of nitrogens with zero attached hydrogens (tertiary/aromatic N) is 4. The van der Waals surface area contributed by atoms with E-state index in [9.17, 15) is 0 Å². The van der Waals surface area contributed by atoms with Gasteiger partial charge >= 0.3 is 0 Å². The van der Waals surface area contributed by atoms with Gasteiger partial charge in [0.2, 0.25) is 0 Å². The predicted molar refractivity (Wildman–Crippen MR) is 108 cm³/mol. The molecule has 0 radical (unpaired) electrons. The lowest BCUT2D eigenvalue weighted by molar-refractivity contribution is 0.650. The number of benzene rings is 1. The molecule has 1 aromatic carbocycles. The summed E-state index contributed by atoms with van der Waals surface area (Å²) in [5.41, 5.74) is 5.54. The Bertz CT molecular complexity index is 1090. The van der Waals surface area contributed by atoms with Crippen molar-refractivity contribution in [1.82, 2.24) is 19.1 Å². The van der Waals surface area contributed by atoms with E-state index in [1.807, 2.05) is 13.1 Å². The fraction of sp³-hybridized carbons (Fsp3) is 0.333. The minimum absolute atomic E-state index is 0.886. The van der Waals surface area contributed by atoms with Gasteiger partial charge in [-0.15, -0.1) is 0 Å². The summed E-state index contributed by atoms with van der Waals surface area (Å²) in [5, 5.41) is 4.71. The Morgan fingerprint density at radius 2 is 1.92 bits per heavy atom. The molecule has 0 fully saturated rings. The first-order chi connectivity index (χ1) is 12.6. The van der Waals surface area contributed by atoms with Crippen molar-refractivity contribution < 1.29 is 0 Å². The Hall–Kier alpha value is -2.82. The van der Waals surface area contributed by atoms with Crippen LogP contribution in [0.3, 0.4) is 0 Å². The summed E-state index contributed by atoms with van der Waals surface area (Å²) in [6.07, 6.45) is 6.41. The van der Waals surface area contributed by atoms with E-state index in [1.54, 1.807) is 0 Å². The summed E-state index contributed by atoms with van der Waals surface area (Å²) in [4.78, 5) is 9.38. The minimum atomic E-state index is 0.886. The van der Waals surface area contributed by atoms with Crippen molar-refractivity contribution in [2.75, 3.05) is 5.32 Å². The molecule has 26 heavy (non-hydrogen) atoms. The van der Waals surface area contributed by atoms with Gasteiger partial charge in [-0.05, 0) is 44.0 Å². The van der Waals surface area contributed by atoms with Crippen LogP contribution in [-0.2, 0) is 13.6 Å². The molecule has 0 aliphatic heterocycles. The van der Waals surface area contributed by atoms with Crippen LogP contribution in [0.15, 0.2) is 36.7 Å². The van der Waals surface area contributed by atoms with Crippen LogP contribution in [0.1, 0.15) is 31.2 Å². The molecule has 0 aliphatic rings.